The Balaban J connectivity index is 2.17. The number of benzene rings is 1. The molecule has 1 fully saturated rings. The summed E-state index contributed by atoms with van der Waals surface area (Å²) in [5, 5.41) is 9.64. The maximum Gasteiger partial charge on any atom is 0.0603 e. The summed E-state index contributed by atoms with van der Waals surface area (Å²) in [7, 11) is 0. The summed E-state index contributed by atoms with van der Waals surface area (Å²) in [4.78, 5) is 2.31. The molecule has 0 heterocycles. The van der Waals surface area contributed by atoms with Gasteiger partial charge in [-0.05, 0) is 43.9 Å². The monoisotopic (exact) mass is 254 g/mol. The molecule has 1 aliphatic rings. The van der Waals surface area contributed by atoms with Gasteiger partial charge in [0.25, 0.3) is 0 Å². The van der Waals surface area contributed by atoms with Gasteiger partial charge in [-0.2, -0.15) is 0 Å². The number of nitrogens with two attached hydrogens (primary N) is 1. The molecule has 0 radical (unpaired) electrons. The van der Waals surface area contributed by atoms with E-state index in [1.54, 1.807) is 6.07 Å². The second-order valence-corrected chi connectivity index (χ2v) is 4.99. The number of rotatable bonds is 5. The summed E-state index contributed by atoms with van der Waals surface area (Å²) in [6, 6.07) is 6.22. The van der Waals surface area contributed by atoms with Crippen LogP contribution in [0.2, 0.25) is 5.02 Å². The standard InChI is InChI=1S/C13H19ClN2O/c14-10-5-6-13(12(15)9-10)16(7-2-8-17)11-3-1-4-11/h5-6,9,11,17H,1-4,7-8,15H2. The van der Waals surface area contributed by atoms with Gasteiger partial charge in [0.1, 0.15) is 0 Å². The second-order valence-electron chi connectivity index (χ2n) is 4.56. The van der Waals surface area contributed by atoms with Crippen molar-refractivity contribution in [3.63, 3.8) is 0 Å². The van der Waals surface area contributed by atoms with Gasteiger partial charge in [-0.15, -0.1) is 0 Å². The van der Waals surface area contributed by atoms with Crippen molar-refractivity contribution in [1.29, 1.82) is 0 Å². The van der Waals surface area contributed by atoms with Gasteiger partial charge >= 0.3 is 0 Å². The minimum atomic E-state index is 0.219. The molecule has 1 saturated carbocycles. The molecule has 1 aromatic rings. The highest BCUT2D eigenvalue weighted by atomic mass is 35.5. The number of hydrogen-bond donors (Lipinski definition) is 2. The van der Waals surface area contributed by atoms with Gasteiger partial charge in [0.2, 0.25) is 0 Å². The lowest BCUT2D eigenvalue weighted by Crippen LogP contribution is -2.41. The maximum atomic E-state index is 8.97. The van der Waals surface area contributed by atoms with E-state index in [-0.39, 0.29) is 6.61 Å². The molecule has 0 aliphatic heterocycles. The molecule has 0 amide bonds. The fraction of sp³-hybridized carbons (Fsp3) is 0.538. The predicted octanol–water partition coefficient (Wildman–Crippen LogP) is 2.66. The Bertz CT molecular complexity index is 380. The lowest BCUT2D eigenvalue weighted by molar-refractivity contribution is 0.283. The summed E-state index contributed by atoms with van der Waals surface area (Å²) >= 11 is 5.91. The van der Waals surface area contributed by atoms with E-state index in [9.17, 15) is 0 Å². The lowest BCUT2D eigenvalue weighted by Gasteiger charge is -2.40. The van der Waals surface area contributed by atoms with Crippen LogP contribution in [0.1, 0.15) is 25.7 Å². The molecule has 3 nitrogen and oxygen atoms in total. The SMILES string of the molecule is Nc1cc(Cl)ccc1N(CCCO)C1CCC1. The molecule has 0 atom stereocenters. The van der Waals surface area contributed by atoms with Gasteiger partial charge in [-0.3, -0.25) is 0 Å². The number of hydrogen-bond acceptors (Lipinski definition) is 3. The first-order valence-electron chi connectivity index (χ1n) is 6.15. The number of halogens is 1. The molecule has 0 unspecified atom stereocenters. The van der Waals surface area contributed by atoms with Crippen LogP contribution in [0.15, 0.2) is 18.2 Å². The molecule has 3 N–H and O–H groups in total. The summed E-state index contributed by atoms with van der Waals surface area (Å²) < 4.78 is 0. The van der Waals surface area contributed by atoms with Crippen LogP contribution in [-0.4, -0.2) is 24.3 Å². The molecule has 17 heavy (non-hydrogen) atoms. The Morgan fingerprint density at radius 1 is 1.41 bits per heavy atom. The van der Waals surface area contributed by atoms with E-state index >= 15 is 0 Å². The zero-order valence-corrected chi connectivity index (χ0v) is 10.7. The van der Waals surface area contributed by atoms with Crippen molar-refractivity contribution in [2.24, 2.45) is 0 Å². The van der Waals surface area contributed by atoms with Crippen LogP contribution in [-0.2, 0) is 0 Å². The Morgan fingerprint density at radius 2 is 2.18 bits per heavy atom. The largest absolute Gasteiger partial charge is 0.397 e. The van der Waals surface area contributed by atoms with Crippen molar-refractivity contribution in [3.05, 3.63) is 23.2 Å². The van der Waals surface area contributed by atoms with Gasteiger partial charge < -0.3 is 15.7 Å². The molecule has 0 saturated heterocycles. The molecule has 0 spiro atoms. The minimum absolute atomic E-state index is 0.219. The van der Waals surface area contributed by atoms with Crippen molar-refractivity contribution in [2.75, 3.05) is 23.8 Å². The minimum Gasteiger partial charge on any atom is -0.397 e. The van der Waals surface area contributed by atoms with Crippen LogP contribution in [0, 0.1) is 0 Å². The van der Waals surface area contributed by atoms with Crippen LogP contribution >= 0.6 is 11.6 Å². The van der Waals surface area contributed by atoms with Crippen LogP contribution < -0.4 is 10.6 Å². The molecule has 2 rings (SSSR count). The van der Waals surface area contributed by atoms with Crippen LogP contribution in [0.25, 0.3) is 0 Å². The zero-order chi connectivity index (χ0) is 12.3. The second kappa shape index (κ2) is 5.61. The van der Waals surface area contributed by atoms with E-state index in [1.165, 1.54) is 19.3 Å². The predicted molar refractivity (Wildman–Crippen MR) is 72.6 cm³/mol. The lowest BCUT2D eigenvalue weighted by atomic mass is 9.90. The fourth-order valence-corrected chi connectivity index (χ4v) is 2.41. The van der Waals surface area contributed by atoms with Gasteiger partial charge in [0, 0.05) is 24.2 Å². The van der Waals surface area contributed by atoms with Crippen molar-refractivity contribution in [3.8, 4) is 0 Å². The van der Waals surface area contributed by atoms with Gasteiger partial charge in [0.15, 0.2) is 0 Å². The van der Waals surface area contributed by atoms with Crippen molar-refractivity contribution >= 4 is 23.0 Å². The van der Waals surface area contributed by atoms with E-state index in [1.807, 2.05) is 12.1 Å². The Morgan fingerprint density at radius 3 is 2.71 bits per heavy atom. The molecule has 1 aromatic carbocycles. The Hall–Kier alpha value is -0.930. The molecular weight excluding hydrogens is 236 g/mol. The van der Waals surface area contributed by atoms with Gasteiger partial charge in [0.05, 0.1) is 11.4 Å². The zero-order valence-electron chi connectivity index (χ0n) is 9.90. The van der Waals surface area contributed by atoms with E-state index in [2.05, 4.69) is 4.90 Å². The Labute approximate surface area is 107 Å². The third-order valence-electron chi connectivity index (χ3n) is 3.37. The van der Waals surface area contributed by atoms with Gasteiger partial charge in [-0.25, -0.2) is 0 Å². The third kappa shape index (κ3) is 2.85. The number of anilines is 2. The summed E-state index contributed by atoms with van der Waals surface area (Å²) in [6.45, 7) is 1.07. The summed E-state index contributed by atoms with van der Waals surface area (Å²) in [5.74, 6) is 0. The fourth-order valence-electron chi connectivity index (χ4n) is 2.23. The maximum absolute atomic E-state index is 8.97. The van der Waals surface area contributed by atoms with Crippen LogP contribution in [0.5, 0.6) is 0 Å². The van der Waals surface area contributed by atoms with Gasteiger partial charge in [-0.1, -0.05) is 11.6 Å². The highest BCUT2D eigenvalue weighted by Gasteiger charge is 2.25. The topological polar surface area (TPSA) is 49.5 Å². The summed E-state index contributed by atoms with van der Waals surface area (Å²) in [5.41, 5.74) is 7.80. The van der Waals surface area contributed by atoms with Crippen LogP contribution in [0.4, 0.5) is 11.4 Å². The average molecular weight is 255 g/mol. The first kappa shape index (κ1) is 12.5. The summed E-state index contributed by atoms with van der Waals surface area (Å²) in [6.07, 6.45) is 4.49. The highest BCUT2D eigenvalue weighted by molar-refractivity contribution is 6.31. The smallest absolute Gasteiger partial charge is 0.0603 e. The van der Waals surface area contributed by atoms with E-state index in [0.29, 0.717) is 11.1 Å². The van der Waals surface area contributed by atoms with Crippen molar-refractivity contribution < 1.29 is 5.11 Å². The quantitative estimate of drug-likeness (QED) is 0.795. The van der Waals surface area contributed by atoms with E-state index < -0.39 is 0 Å². The Kier molecular flexibility index (Phi) is 4.13. The van der Waals surface area contributed by atoms with E-state index in [4.69, 9.17) is 22.4 Å². The van der Waals surface area contributed by atoms with Crippen molar-refractivity contribution in [1.82, 2.24) is 0 Å². The molecule has 94 valence electrons. The normalized spacial score (nSPS) is 15.6. The van der Waals surface area contributed by atoms with Crippen molar-refractivity contribution in [2.45, 2.75) is 31.7 Å². The van der Waals surface area contributed by atoms with Crippen LogP contribution in [0.3, 0.4) is 0 Å². The molecule has 0 aromatic heterocycles. The molecule has 1 aliphatic carbocycles. The first-order chi connectivity index (χ1) is 8.22. The third-order valence-corrected chi connectivity index (χ3v) is 3.61. The molecular formula is C13H19ClN2O. The first-order valence-corrected chi connectivity index (χ1v) is 6.52. The van der Waals surface area contributed by atoms with E-state index in [0.717, 1.165) is 24.3 Å². The number of aliphatic hydroxyl groups is 1. The number of nitrogen functional groups attached to an aromatic ring is 1. The number of aliphatic hydroxyl groups excluding tert-OH is 1. The molecule has 4 heteroatoms. The molecule has 0 bridgehead atoms. The number of nitrogens with zero attached hydrogens (tertiary/aromatic N) is 1. The highest BCUT2D eigenvalue weighted by Crippen LogP contribution is 2.34. The average Bonchev–Trinajstić information content (AvgIpc) is 2.22.